The van der Waals surface area contributed by atoms with Crippen molar-refractivity contribution < 1.29 is 14.2 Å². The van der Waals surface area contributed by atoms with Gasteiger partial charge in [-0.05, 0) is 25.3 Å². The lowest BCUT2D eigenvalue weighted by atomic mass is 10.1. The van der Waals surface area contributed by atoms with Crippen molar-refractivity contribution in [3.8, 4) is 0 Å². The summed E-state index contributed by atoms with van der Waals surface area (Å²) in [5.74, 6) is 0.508. The predicted molar refractivity (Wildman–Crippen MR) is 97.3 cm³/mol. The molecule has 0 unspecified atom stereocenters. The number of benzene rings is 1. The second-order valence-electron chi connectivity index (χ2n) is 6.14. The maximum atomic E-state index is 12.8. The molecule has 0 saturated carbocycles. The summed E-state index contributed by atoms with van der Waals surface area (Å²) in [7, 11) is 0. The first-order valence-electron chi connectivity index (χ1n) is 8.24. The molecule has 9 heteroatoms. The summed E-state index contributed by atoms with van der Waals surface area (Å²) >= 11 is 1.45. The highest BCUT2D eigenvalue weighted by Crippen LogP contribution is 2.26. The summed E-state index contributed by atoms with van der Waals surface area (Å²) < 4.78 is 5.23. The molecule has 0 radical (unpaired) electrons. The molecule has 26 heavy (non-hydrogen) atoms. The first-order chi connectivity index (χ1) is 12.5. The van der Waals surface area contributed by atoms with Gasteiger partial charge >= 0.3 is 0 Å². The third kappa shape index (κ3) is 4.05. The van der Waals surface area contributed by atoms with Crippen molar-refractivity contribution in [1.82, 2.24) is 15.0 Å². The number of hydrogen-bond acceptors (Lipinski definition) is 7. The molecule has 138 valence electrons. The topological polar surface area (TPSA) is 92.7 Å². The minimum atomic E-state index is -0.500. The van der Waals surface area contributed by atoms with Gasteiger partial charge in [0.1, 0.15) is 5.56 Å². The lowest BCUT2D eigenvalue weighted by molar-refractivity contribution is -0.385. The lowest BCUT2D eigenvalue weighted by Gasteiger charge is -2.34. The van der Waals surface area contributed by atoms with Gasteiger partial charge in [-0.25, -0.2) is 0 Å². The van der Waals surface area contributed by atoms with E-state index in [2.05, 4.69) is 10.1 Å². The van der Waals surface area contributed by atoms with Gasteiger partial charge in [-0.15, -0.1) is 11.8 Å². The van der Waals surface area contributed by atoms with Crippen LogP contribution in [0.1, 0.15) is 21.8 Å². The zero-order valence-electron chi connectivity index (χ0n) is 14.7. The fourth-order valence-electron chi connectivity index (χ4n) is 2.96. The van der Waals surface area contributed by atoms with Gasteiger partial charge in [0, 0.05) is 43.2 Å². The number of nitro groups is 1. The lowest BCUT2D eigenvalue weighted by Crippen LogP contribution is -2.48. The number of amides is 1. The van der Waals surface area contributed by atoms with Crippen LogP contribution in [0.15, 0.2) is 33.7 Å². The SMILES string of the molecule is CSc1ccc([N+](=O)[O-])c(C(=O)N2CCN(Cc3cc(C)no3)CC2)c1. The van der Waals surface area contributed by atoms with E-state index in [0.29, 0.717) is 32.7 Å². The minimum Gasteiger partial charge on any atom is -0.360 e. The van der Waals surface area contributed by atoms with E-state index in [1.165, 1.54) is 17.8 Å². The standard InChI is InChI=1S/C17H20N4O4S/c1-12-9-13(25-18-12)11-19-5-7-20(8-6-19)17(22)15-10-14(26-2)3-4-16(15)21(23)24/h3-4,9-10H,5-8,11H2,1-2H3. The smallest absolute Gasteiger partial charge is 0.282 e. The number of carbonyl (C=O) groups excluding carboxylic acids is 1. The van der Waals surface area contributed by atoms with E-state index in [4.69, 9.17) is 4.52 Å². The summed E-state index contributed by atoms with van der Waals surface area (Å²) in [6, 6.07) is 6.57. The Kier molecular flexibility index (Phi) is 5.58. The number of nitro benzene ring substituents is 1. The van der Waals surface area contributed by atoms with Crippen molar-refractivity contribution in [3.05, 3.63) is 51.4 Å². The van der Waals surface area contributed by atoms with Crippen LogP contribution in [0.25, 0.3) is 0 Å². The van der Waals surface area contributed by atoms with Crippen LogP contribution < -0.4 is 0 Å². The maximum absolute atomic E-state index is 12.8. The first-order valence-corrected chi connectivity index (χ1v) is 9.46. The van der Waals surface area contributed by atoms with Gasteiger partial charge in [-0.3, -0.25) is 19.8 Å². The normalized spacial score (nSPS) is 15.2. The summed E-state index contributed by atoms with van der Waals surface area (Å²) in [4.78, 5) is 28.3. The first kappa shape index (κ1) is 18.4. The highest BCUT2D eigenvalue weighted by atomic mass is 32.2. The Bertz CT molecular complexity index is 815. The second kappa shape index (κ2) is 7.88. The Balaban J connectivity index is 1.67. The molecule has 2 aromatic rings. The van der Waals surface area contributed by atoms with Crippen molar-refractivity contribution in [2.75, 3.05) is 32.4 Å². The van der Waals surface area contributed by atoms with Crippen LogP contribution in [0.4, 0.5) is 5.69 Å². The average Bonchev–Trinajstić information content (AvgIpc) is 3.05. The molecule has 0 spiro atoms. The average molecular weight is 376 g/mol. The van der Waals surface area contributed by atoms with Gasteiger partial charge in [-0.2, -0.15) is 0 Å². The number of hydrogen-bond donors (Lipinski definition) is 0. The van der Waals surface area contributed by atoms with E-state index in [-0.39, 0.29) is 17.2 Å². The molecule has 8 nitrogen and oxygen atoms in total. The Morgan fingerprint density at radius 3 is 2.62 bits per heavy atom. The van der Waals surface area contributed by atoms with Gasteiger partial charge in [0.05, 0.1) is 17.2 Å². The van der Waals surface area contributed by atoms with Gasteiger partial charge in [0.2, 0.25) is 0 Å². The van der Waals surface area contributed by atoms with Crippen LogP contribution in [0.2, 0.25) is 0 Å². The van der Waals surface area contributed by atoms with Crippen molar-refractivity contribution in [2.24, 2.45) is 0 Å². The molecule has 0 aliphatic carbocycles. The van der Waals surface area contributed by atoms with Crippen LogP contribution in [0.3, 0.4) is 0 Å². The monoisotopic (exact) mass is 376 g/mol. The Hall–Kier alpha value is -2.39. The van der Waals surface area contributed by atoms with Crippen LogP contribution >= 0.6 is 11.8 Å². The molecule has 0 N–H and O–H groups in total. The Morgan fingerprint density at radius 1 is 1.31 bits per heavy atom. The number of aryl methyl sites for hydroxylation is 1. The fraction of sp³-hybridized carbons (Fsp3) is 0.412. The summed E-state index contributed by atoms with van der Waals surface area (Å²) in [5.41, 5.74) is 0.850. The second-order valence-corrected chi connectivity index (χ2v) is 7.02. The maximum Gasteiger partial charge on any atom is 0.282 e. The van der Waals surface area contributed by atoms with Gasteiger partial charge in [0.15, 0.2) is 5.76 Å². The van der Waals surface area contributed by atoms with Crippen molar-refractivity contribution in [3.63, 3.8) is 0 Å². The van der Waals surface area contributed by atoms with Gasteiger partial charge in [0.25, 0.3) is 11.6 Å². The number of thioether (sulfide) groups is 1. The third-order valence-corrected chi connectivity index (χ3v) is 5.07. The Morgan fingerprint density at radius 2 is 2.04 bits per heavy atom. The highest BCUT2D eigenvalue weighted by Gasteiger charge is 2.28. The molecule has 3 rings (SSSR count). The van der Waals surface area contributed by atoms with E-state index in [0.717, 1.165) is 16.3 Å². The van der Waals surface area contributed by atoms with E-state index in [1.807, 2.05) is 19.2 Å². The van der Waals surface area contributed by atoms with Crippen LogP contribution in [-0.2, 0) is 6.54 Å². The van der Waals surface area contributed by atoms with Crippen molar-refractivity contribution in [2.45, 2.75) is 18.4 Å². The molecular formula is C17H20N4O4S. The van der Waals surface area contributed by atoms with E-state index < -0.39 is 4.92 Å². The molecule has 1 saturated heterocycles. The third-order valence-electron chi connectivity index (χ3n) is 4.35. The highest BCUT2D eigenvalue weighted by molar-refractivity contribution is 7.98. The zero-order valence-corrected chi connectivity index (χ0v) is 15.5. The van der Waals surface area contributed by atoms with Gasteiger partial charge < -0.3 is 9.42 Å². The van der Waals surface area contributed by atoms with Crippen molar-refractivity contribution >= 4 is 23.4 Å². The molecule has 1 aromatic heterocycles. The van der Waals surface area contributed by atoms with E-state index in [1.54, 1.807) is 17.0 Å². The van der Waals surface area contributed by atoms with Crippen LogP contribution in [0, 0.1) is 17.0 Å². The molecule has 2 heterocycles. The van der Waals surface area contributed by atoms with Gasteiger partial charge in [-0.1, -0.05) is 5.16 Å². The summed E-state index contributed by atoms with van der Waals surface area (Å²) in [5, 5.41) is 15.1. The quantitative estimate of drug-likeness (QED) is 0.450. The Labute approximate surface area is 155 Å². The van der Waals surface area contributed by atoms with E-state index >= 15 is 0 Å². The number of nitrogens with zero attached hydrogens (tertiary/aromatic N) is 4. The molecule has 1 aliphatic heterocycles. The number of piperazine rings is 1. The minimum absolute atomic E-state index is 0.146. The molecule has 1 aliphatic rings. The molecule has 0 bridgehead atoms. The molecule has 1 amide bonds. The molecule has 0 atom stereocenters. The number of carbonyl (C=O) groups is 1. The molecule has 1 fully saturated rings. The molecular weight excluding hydrogens is 356 g/mol. The summed E-state index contributed by atoms with van der Waals surface area (Å²) in [6.07, 6.45) is 1.87. The largest absolute Gasteiger partial charge is 0.360 e. The number of rotatable bonds is 5. The number of aromatic nitrogens is 1. The van der Waals surface area contributed by atoms with E-state index in [9.17, 15) is 14.9 Å². The predicted octanol–water partition coefficient (Wildman–Crippen LogP) is 2.57. The summed E-state index contributed by atoms with van der Waals surface area (Å²) in [6.45, 7) is 4.92. The van der Waals surface area contributed by atoms with Crippen LogP contribution in [-0.4, -0.2) is 58.2 Å². The van der Waals surface area contributed by atoms with Crippen molar-refractivity contribution in [1.29, 1.82) is 0 Å². The fourth-order valence-corrected chi connectivity index (χ4v) is 3.40. The zero-order chi connectivity index (χ0) is 18.7. The van der Waals surface area contributed by atoms with Crippen LogP contribution in [0.5, 0.6) is 0 Å². The molecule has 1 aromatic carbocycles.